The van der Waals surface area contributed by atoms with Crippen molar-refractivity contribution in [2.75, 3.05) is 5.32 Å². The summed E-state index contributed by atoms with van der Waals surface area (Å²) in [4.78, 5) is 4.82. The largest absolute Gasteiger partial charge is 0.378 e. The van der Waals surface area contributed by atoms with Crippen LogP contribution in [0.15, 0.2) is 84.4 Å². The summed E-state index contributed by atoms with van der Waals surface area (Å²) in [5.41, 5.74) is 8.42. The van der Waals surface area contributed by atoms with Gasteiger partial charge in [0, 0.05) is 12.1 Å². The Morgan fingerprint density at radius 3 is 2.45 bits per heavy atom. The average molecular weight is 381 g/mol. The Morgan fingerprint density at radius 2 is 1.76 bits per heavy atom. The third kappa shape index (κ3) is 4.48. The van der Waals surface area contributed by atoms with Crippen molar-refractivity contribution >= 4 is 23.2 Å². The fourth-order valence-corrected chi connectivity index (χ4v) is 3.86. The first-order valence-electron chi connectivity index (χ1n) is 10.5. The number of para-hydroxylation sites is 1. The van der Waals surface area contributed by atoms with Crippen LogP contribution in [0.3, 0.4) is 0 Å². The highest BCUT2D eigenvalue weighted by Gasteiger charge is 2.16. The molecule has 29 heavy (non-hydrogen) atoms. The number of rotatable bonds is 8. The molecule has 0 aliphatic carbocycles. The van der Waals surface area contributed by atoms with Crippen LogP contribution < -0.4 is 5.32 Å². The third-order valence-electron chi connectivity index (χ3n) is 5.58. The number of unbranched alkanes of at least 4 members (excludes halogenated alkanes) is 1. The molecule has 0 amide bonds. The molecule has 3 aromatic carbocycles. The lowest BCUT2D eigenvalue weighted by Crippen LogP contribution is -2.11. The van der Waals surface area contributed by atoms with Gasteiger partial charge in [-0.05, 0) is 46.9 Å². The number of nitrogens with one attached hydrogen (secondary N) is 1. The number of anilines is 1. The minimum absolute atomic E-state index is 0.307. The smallest absolute Gasteiger partial charge is 0.0669 e. The second kappa shape index (κ2) is 8.91. The van der Waals surface area contributed by atoms with E-state index in [1.165, 1.54) is 29.5 Å². The highest BCUT2D eigenvalue weighted by atomic mass is 14.9. The van der Waals surface area contributed by atoms with E-state index >= 15 is 0 Å². The maximum atomic E-state index is 4.82. The minimum Gasteiger partial charge on any atom is -0.378 e. The molecule has 1 atom stereocenters. The molecule has 3 aromatic rings. The van der Waals surface area contributed by atoms with E-state index in [1.807, 2.05) is 6.08 Å². The lowest BCUT2D eigenvalue weighted by molar-refractivity contribution is 0.634. The third-order valence-corrected chi connectivity index (χ3v) is 5.58. The second-order valence-electron chi connectivity index (χ2n) is 7.65. The van der Waals surface area contributed by atoms with Gasteiger partial charge in [-0.15, -0.1) is 0 Å². The molecule has 1 aliphatic heterocycles. The van der Waals surface area contributed by atoms with Crippen LogP contribution in [0.4, 0.5) is 11.4 Å². The number of hydrogen-bond acceptors (Lipinski definition) is 2. The molecule has 0 saturated carbocycles. The van der Waals surface area contributed by atoms with E-state index in [1.54, 1.807) is 0 Å². The van der Waals surface area contributed by atoms with Gasteiger partial charge < -0.3 is 5.32 Å². The van der Waals surface area contributed by atoms with E-state index in [-0.39, 0.29) is 0 Å². The van der Waals surface area contributed by atoms with Gasteiger partial charge in [-0.1, -0.05) is 87.0 Å². The minimum atomic E-state index is 0.307. The van der Waals surface area contributed by atoms with Crippen LogP contribution in [0.5, 0.6) is 0 Å². The zero-order valence-electron chi connectivity index (χ0n) is 17.1. The topological polar surface area (TPSA) is 24.4 Å². The molecule has 4 rings (SSSR count). The summed E-state index contributed by atoms with van der Waals surface area (Å²) >= 11 is 0. The summed E-state index contributed by atoms with van der Waals surface area (Å²) < 4.78 is 0. The van der Waals surface area contributed by atoms with Gasteiger partial charge in [0.05, 0.1) is 17.4 Å². The number of hydrogen-bond donors (Lipinski definition) is 1. The average Bonchev–Trinajstić information content (AvgIpc) is 3.21. The summed E-state index contributed by atoms with van der Waals surface area (Å²) in [7, 11) is 0. The lowest BCUT2D eigenvalue weighted by Gasteiger charge is -2.21. The Kier molecular flexibility index (Phi) is 5.90. The van der Waals surface area contributed by atoms with Crippen molar-refractivity contribution < 1.29 is 0 Å². The molecule has 1 heterocycles. The molecule has 0 bridgehead atoms. The van der Waals surface area contributed by atoms with E-state index in [0.29, 0.717) is 6.04 Å². The predicted molar refractivity (Wildman–Crippen MR) is 125 cm³/mol. The van der Waals surface area contributed by atoms with Gasteiger partial charge >= 0.3 is 0 Å². The van der Waals surface area contributed by atoms with Crippen molar-refractivity contribution in [1.82, 2.24) is 0 Å². The summed E-state index contributed by atoms with van der Waals surface area (Å²) in [5.74, 6) is 0. The van der Waals surface area contributed by atoms with E-state index in [0.717, 1.165) is 35.5 Å². The molecule has 1 N–H and O–H groups in total. The standard InChI is InChI=1S/C27H28N2/c1-3-5-9-25(28-24-17-11-20(4-2)12-18-24)21-13-15-22(16-14-21)27-19-23-8-6-7-10-26(23)29-27/h4,6-8,10-18,25,28H,2-3,5,9,19H2,1H3. The summed E-state index contributed by atoms with van der Waals surface area (Å²) in [6, 6.07) is 26.1. The number of fused-ring (bicyclic) bond motifs is 1. The molecule has 0 fully saturated rings. The molecular weight excluding hydrogens is 352 g/mol. The Bertz CT molecular complexity index is 997. The zero-order chi connectivity index (χ0) is 20.1. The number of benzene rings is 3. The number of nitrogens with zero attached hydrogens (tertiary/aromatic N) is 1. The van der Waals surface area contributed by atoms with Crippen LogP contribution in [-0.2, 0) is 6.42 Å². The summed E-state index contributed by atoms with van der Waals surface area (Å²) in [5, 5.41) is 3.72. The monoisotopic (exact) mass is 380 g/mol. The molecule has 0 spiro atoms. The molecule has 2 heteroatoms. The van der Waals surface area contributed by atoms with Crippen molar-refractivity contribution in [2.45, 2.75) is 38.6 Å². The maximum Gasteiger partial charge on any atom is 0.0669 e. The first kappa shape index (κ1) is 19.2. The molecule has 0 saturated heterocycles. The van der Waals surface area contributed by atoms with E-state index in [9.17, 15) is 0 Å². The quantitative estimate of drug-likeness (QED) is 0.434. The Labute approximate surface area is 174 Å². The Morgan fingerprint density at radius 1 is 1.00 bits per heavy atom. The number of aliphatic imine (C=N–C) groups is 1. The molecule has 146 valence electrons. The molecule has 0 radical (unpaired) electrons. The van der Waals surface area contributed by atoms with Crippen LogP contribution in [0.1, 0.15) is 54.5 Å². The molecular formula is C27H28N2. The fraction of sp³-hybridized carbons (Fsp3) is 0.222. The highest BCUT2D eigenvalue weighted by Crippen LogP contribution is 2.30. The van der Waals surface area contributed by atoms with Gasteiger partial charge in [0.15, 0.2) is 0 Å². The summed E-state index contributed by atoms with van der Waals surface area (Å²) in [6.07, 6.45) is 6.31. The molecule has 0 aromatic heterocycles. The fourth-order valence-electron chi connectivity index (χ4n) is 3.86. The van der Waals surface area contributed by atoms with Gasteiger partial charge in [-0.3, -0.25) is 4.99 Å². The van der Waals surface area contributed by atoms with Crippen molar-refractivity contribution in [3.63, 3.8) is 0 Å². The van der Waals surface area contributed by atoms with Crippen molar-refractivity contribution in [3.05, 3.63) is 102 Å². The first-order chi connectivity index (χ1) is 14.3. The Balaban J connectivity index is 1.51. The maximum absolute atomic E-state index is 4.82. The SMILES string of the molecule is C=Cc1ccc(NC(CCCC)c2ccc(C3=Nc4ccccc4C3)cc2)cc1. The van der Waals surface area contributed by atoms with Crippen molar-refractivity contribution in [3.8, 4) is 0 Å². The van der Waals surface area contributed by atoms with Crippen LogP contribution in [0, 0.1) is 0 Å². The van der Waals surface area contributed by atoms with Crippen LogP contribution in [0.2, 0.25) is 0 Å². The first-order valence-corrected chi connectivity index (χ1v) is 10.5. The Hall–Kier alpha value is -3.13. The summed E-state index contributed by atoms with van der Waals surface area (Å²) in [6.45, 7) is 6.08. The zero-order valence-corrected chi connectivity index (χ0v) is 17.1. The lowest BCUT2D eigenvalue weighted by atomic mass is 9.97. The predicted octanol–water partition coefficient (Wildman–Crippen LogP) is 7.35. The van der Waals surface area contributed by atoms with Gasteiger partial charge in [0.2, 0.25) is 0 Å². The second-order valence-corrected chi connectivity index (χ2v) is 7.65. The van der Waals surface area contributed by atoms with E-state index in [4.69, 9.17) is 4.99 Å². The van der Waals surface area contributed by atoms with E-state index < -0.39 is 0 Å². The van der Waals surface area contributed by atoms with Crippen molar-refractivity contribution in [1.29, 1.82) is 0 Å². The van der Waals surface area contributed by atoms with Gasteiger partial charge in [0.25, 0.3) is 0 Å². The normalized spacial score (nSPS) is 13.5. The molecule has 2 nitrogen and oxygen atoms in total. The van der Waals surface area contributed by atoms with Crippen LogP contribution in [-0.4, -0.2) is 5.71 Å². The van der Waals surface area contributed by atoms with Crippen LogP contribution >= 0.6 is 0 Å². The van der Waals surface area contributed by atoms with Crippen LogP contribution in [0.25, 0.3) is 6.08 Å². The van der Waals surface area contributed by atoms with Gasteiger partial charge in [-0.25, -0.2) is 0 Å². The van der Waals surface area contributed by atoms with E-state index in [2.05, 4.69) is 91.6 Å². The van der Waals surface area contributed by atoms with Crippen molar-refractivity contribution in [2.24, 2.45) is 4.99 Å². The highest BCUT2D eigenvalue weighted by molar-refractivity contribution is 6.06. The molecule has 1 unspecified atom stereocenters. The van der Waals surface area contributed by atoms with Gasteiger partial charge in [-0.2, -0.15) is 0 Å². The van der Waals surface area contributed by atoms with Gasteiger partial charge in [0.1, 0.15) is 0 Å². The molecule has 1 aliphatic rings.